The van der Waals surface area contributed by atoms with E-state index in [4.69, 9.17) is 9.84 Å². The van der Waals surface area contributed by atoms with Crippen LogP contribution in [0.5, 0.6) is 5.75 Å². The first kappa shape index (κ1) is 14.1. The minimum absolute atomic E-state index is 0.00234. The van der Waals surface area contributed by atoms with Crippen LogP contribution in [-0.4, -0.2) is 30.4 Å². The molecule has 1 aliphatic carbocycles. The molecule has 19 heavy (non-hydrogen) atoms. The standard InChI is InChI=1S/C13H16F3NO2/c14-13(15,16)9-3-1-2-4-11(9)19-12-6-5-10(12)17-7-8-18/h1-4,10,12,17-18H,5-8H2/t10-,12-/m1/s1. The highest BCUT2D eigenvalue weighted by molar-refractivity contribution is 5.36. The fraction of sp³-hybridized carbons (Fsp3) is 0.538. The quantitative estimate of drug-likeness (QED) is 0.865. The highest BCUT2D eigenvalue weighted by atomic mass is 19.4. The number of ether oxygens (including phenoxy) is 1. The molecule has 6 heteroatoms. The van der Waals surface area contributed by atoms with Gasteiger partial charge in [0, 0.05) is 12.6 Å². The molecule has 0 radical (unpaired) electrons. The van der Waals surface area contributed by atoms with Crippen molar-refractivity contribution in [2.75, 3.05) is 13.2 Å². The SMILES string of the molecule is OCCN[C@@H]1CC[C@H]1Oc1ccccc1C(F)(F)F. The van der Waals surface area contributed by atoms with Gasteiger partial charge in [-0.3, -0.25) is 0 Å². The van der Waals surface area contributed by atoms with Gasteiger partial charge >= 0.3 is 6.18 Å². The van der Waals surface area contributed by atoms with Crippen molar-refractivity contribution in [2.45, 2.75) is 31.2 Å². The van der Waals surface area contributed by atoms with Crippen molar-refractivity contribution in [1.82, 2.24) is 5.32 Å². The summed E-state index contributed by atoms with van der Waals surface area (Å²) in [4.78, 5) is 0. The molecule has 1 aromatic carbocycles. The number of halogens is 3. The summed E-state index contributed by atoms with van der Waals surface area (Å²) in [6.07, 6.45) is -3.11. The van der Waals surface area contributed by atoms with Crippen LogP contribution < -0.4 is 10.1 Å². The summed E-state index contributed by atoms with van der Waals surface area (Å²) in [7, 11) is 0. The van der Waals surface area contributed by atoms with E-state index in [0.717, 1.165) is 18.9 Å². The molecule has 1 aromatic rings. The Kier molecular flexibility index (Phi) is 4.31. The Bertz CT molecular complexity index is 423. The van der Waals surface area contributed by atoms with E-state index in [1.165, 1.54) is 18.2 Å². The summed E-state index contributed by atoms with van der Waals surface area (Å²) in [5.74, 6) is -0.129. The number of nitrogens with one attached hydrogen (secondary N) is 1. The molecule has 0 unspecified atom stereocenters. The Morgan fingerprint density at radius 2 is 2.00 bits per heavy atom. The fourth-order valence-corrected chi connectivity index (χ4v) is 2.06. The molecule has 0 aromatic heterocycles. The third-order valence-corrected chi connectivity index (χ3v) is 3.20. The first-order valence-electron chi connectivity index (χ1n) is 6.19. The fourth-order valence-electron chi connectivity index (χ4n) is 2.06. The number of aliphatic hydroxyl groups is 1. The van der Waals surface area contributed by atoms with Crippen molar-refractivity contribution in [1.29, 1.82) is 0 Å². The molecule has 2 N–H and O–H groups in total. The summed E-state index contributed by atoms with van der Waals surface area (Å²) >= 11 is 0. The summed E-state index contributed by atoms with van der Waals surface area (Å²) < 4.78 is 43.8. The van der Waals surface area contributed by atoms with Crippen molar-refractivity contribution in [3.05, 3.63) is 29.8 Å². The Balaban J connectivity index is 2.03. The molecule has 2 atom stereocenters. The third kappa shape index (κ3) is 3.39. The van der Waals surface area contributed by atoms with Gasteiger partial charge in [0.2, 0.25) is 0 Å². The highest BCUT2D eigenvalue weighted by Crippen LogP contribution is 2.37. The number of benzene rings is 1. The smallest absolute Gasteiger partial charge is 0.419 e. The first-order valence-corrected chi connectivity index (χ1v) is 6.19. The lowest BCUT2D eigenvalue weighted by Gasteiger charge is -2.37. The zero-order valence-electron chi connectivity index (χ0n) is 10.3. The number of hydrogen-bond acceptors (Lipinski definition) is 3. The molecule has 0 spiro atoms. The zero-order chi connectivity index (χ0) is 13.9. The third-order valence-electron chi connectivity index (χ3n) is 3.20. The normalized spacial score (nSPS) is 22.9. The van der Waals surface area contributed by atoms with E-state index in [-0.39, 0.29) is 24.5 Å². The second-order valence-corrected chi connectivity index (χ2v) is 4.51. The van der Waals surface area contributed by atoms with Crippen LogP contribution in [-0.2, 0) is 6.18 Å². The molecule has 0 heterocycles. The summed E-state index contributed by atoms with van der Waals surface area (Å²) in [5, 5.41) is 11.8. The molecule has 1 aliphatic rings. The van der Waals surface area contributed by atoms with Gasteiger partial charge in [-0.15, -0.1) is 0 Å². The minimum atomic E-state index is -4.41. The molecule has 0 amide bonds. The molecule has 2 rings (SSSR count). The van der Waals surface area contributed by atoms with Crippen molar-refractivity contribution in [3.8, 4) is 5.75 Å². The van der Waals surface area contributed by atoms with Crippen molar-refractivity contribution >= 4 is 0 Å². The van der Waals surface area contributed by atoms with E-state index < -0.39 is 11.7 Å². The van der Waals surface area contributed by atoms with Gasteiger partial charge < -0.3 is 15.2 Å². The second kappa shape index (κ2) is 5.79. The number of alkyl halides is 3. The second-order valence-electron chi connectivity index (χ2n) is 4.51. The maximum absolute atomic E-state index is 12.8. The first-order chi connectivity index (χ1) is 9.02. The number of hydrogen-bond donors (Lipinski definition) is 2. The predicted molar refractivity (Wildman–Crippen MR) is 64.0 cm³/mol. The predicted octanol–water partition coefficient (Wildman–Crippen LogP) is 2.20. The lowest BCUT2D eigenvalue weighted by atomic mass is 9.89. The van der Waals surface area contributed by atoms with Gasteiger partial charge in [-0.1, -0.05) is 12.1 Å². The average molecular weight is 275 g/mol. The minimum Gasteiger partial charge on any atom is -0.488 e. The van der Waals surface area contributed by atoms with Crippen molar-refractivity contribution in [3.63, 3.8) is 0 Å². The molecule has 0 saturated heterocycles. The van der Waals surface area contributed by atoms with E-state index in [0.29, 0.717) is 6.54 Å². The van der Waals surface area contributed by atoms with Gasteiger partial charge in [-0.05, 0) is 25.0 Å². The van der Waals surface area contributed by atoms with Crippen LogP contribution in [0.1, 0.15) is 18.4 Å². The number of para-hydroxylation sites is 1. The molecule has 1 saturated carbocycles. The van der Waals surface area contributed by atoms with E-state index in [9.17, 15) is 13.2 Å². The summed E-state index contributed by atoms with van der Waals surface area (Å²) in [5.41, 5.74) is -0.747. The van der Waals surface area contributed by atoms with E-state index in [1.807, 2.05) is 0 Å². The van der Waals surface area contributed by atoms with Crippen molar-refractivity contribution < 1.29 is 23.0 Å². The molecule has 3 nitrogen and oxygen atoms in total. The summed E-state index contributed by atoms with van der Waals surface area (Å²) in [6, 6.07) is 5.24. The van der Waals surface area contributed by atoms with Crippen LogP contribution in [0.25, 0.3) is 0 Å². The van der Waals surface area contributed by atoms with Gasteiger partial charge in [0.15, 0.2) is 0 Å². The monoisotopic (exact) mass is 275 g/mol. The van der Waals surface area contributed by atoms with Crippen LogP contribution in [0.2, 0.25) is 0 Å². The zero-order valence-corrected chi connectivity index (χ0v) is 10.3. The van der Waals surface area contributed by atoms with E-state index in [1.54, 1.807) is 0 Å². The van der Waals surface area contributed by atoms with Gasteiger partial charge in [-0.2, -0.15) is 13.2 Å². The largest absolute Gasteiger partial charge is 0.488 e. The van der Waals surface area contributed by atoms with Crippen LogP contribution in [0.15, 0.2) is 24.3 Å². The van der Waals surface area contributed by atoms with Gasteiger partial charge in [-0.25, -0.2) is 0 Å². The van der Waals surface area contributed by atoms with Crippen molar-refractivity contribution in [2.24, 2.45) is 0 Å². The van der Waals surface area contributed by atoms with E-state index >= 15 is 0 Å². The van der Waals surface area contributed by atoms with Gasteiger partial charge in [0.25, 0.3) is 0 Å². The molecule has 1 fully saturated rings. The summed E-state index contributed by atoms with van der Waals surface area (Å²) in [6.45, 7) is 0.424. The highest BCUT2D eigenvalue weighted by Gasteiger charge is 2.37. The maximum atomic E-state index is 12.8. The van der Waals surface area contributed by atoms with Gasteiger partial charge in [0.05, 0.1) is 12.2 Å². The van der Waals surface area contributed by atoms with Crippen LogP contribution in [0.3, 0.4) is 0 Å². The molecular formula is C13H16F3NO2. The van der Waals surface area contributed by atoms with E-state index in [2.05, 4.69) is 5.32 Å². The van der Waals surface area contributed by atoms with Crippen LogP contribution in [0.4, 0.5) is 13.2 Å². The Labute approximate surface area is 109 Å². The van der Waals surface area contributed by atoms with Crippen LogP contribution in [0, 0.1) is 0 Å². The number of aliphatic hydroxyl groups excluding tert-OH is 1. The molecule has 0 bridgehead atoms. The molecule has 106 valence electrons. The molecular weight excluding hydrogens is 259 g/mol. The lowest BCUT2D eigenvalue weighted by molar-refractivity contribution is -0.139. The Hall–Kier alpha value is -1.27. The Morgan fingerprint density at radius 1 is 1.26 bits per heavy atom. The van der Waals surface area contributed by atoms with Gasteiger partial charge in [0.1, 0.15) is 11.9 Å². The number of rotatable bonds is 5. The average Bonchev–Trinajstić information content (AvgIpc) is 2.34. The molecule has 0 aliphatic heterocycles. The topological polar surface area (TPSA) is 41.5 Å². The maximum Gasteiger partial charge on any atom is 0.419 e. The Morgan fingerprint density at radius 3 is 2.58 bits per heavy atom. The van der Waals surface area contributed by atoms with Crippen LogP contribution >= 0.6 is 0 Å². The lowest BCUT2D eigenvalue weighted by Crippen LogP contribution is -2.51.